The first-order chi connectivity index (χ1) is 7.58. The van der Waals surface area contributed by atoms with Crippen LogP contribution < -0.4 is 11.1 Å². The number of rotatable bonds is 3. The number of benzene rings is 1. The first-order valence-electron chi connectivity index (χ1n) is 5.49. The van der Waals surface area contributed by atoms with Crippen LogP contribution in [0.15, 0.2) is 22.6 Å². The second-order valence-corrected chi connectivity index (χ2v) is 4.39. The average molecular weight is 219 g/mol. The van der Waals surface area contributed by atoms with Crippen molar-refractivity contribution in [1.82, 2.24) is 4.98 Å². The van der Waals surface area contributed by atoms with E-state index in [4.69, 9.17) is 10.2 Å². The van der Waals surface area contributed by atoms with Crippen molar-refractivity contribution in [2.75, 3.05) is 11.1 Å². The van der Waals surface area contributed by atoms with E-state index in [2.05, 4.69) is 31.1 Å². The van der Waals surface area contributed by atoms with E-state index < -0.39 is 0 Å². The fourth-order valence-corrected chi connectivity index (χ4v) is 1.39. The molecule has 86 valence electrons. The molecule has 0 fully saturated rings. The summed E-state index contributed by atoms with van der Waals surface area (Å²) in [6.45, 7) is 6.40. The molecule has 0 saturated carbocycles. The fraction of sp³-hybridized carbons (Fsp3) is 0.417. The average Bonchev–Trinajstić information content (AvgIpc) is 2.61. The van der Waals surface area contributed by atoms with Crippen molar-refractivity contribution in [3.8, 4) is 0 Å². The summed E-state index contributed by atoms with van der Waals surface area (Å²) < 4.78 is 5.57. The van der Waals surface area contributed by atoms with Gasteiger partial charge in [-0.05, 0) is 25.0 Å². The van der Waals surface area contributed by atoms with Gasteiger partial charge < -0.3 is 15.5 Å². The number of hydrogen-bond donors (Lipinski definition) is 2. The van der Waals surface area contributed by atoms with Crippen molar-refractivity contribution in [2.45, 2.75) is 26.8 Å². The van der Waals surface area contributed by atoms with E-state index in [0.717, 1.165) is 11.1 Å². The molecule has 0 aliphatic carbocycles. The van der Waals surface area contributed by atoms with Crippen molar-refractivity contribution in [2.24, 2.45) is 5.92 Å². The Morgan fingerprint density at radius 1 is 1.31 bits per heavy atom. The molecule has 0 radical (unpaired) electrons. The van der Waals surface area contributed by atoms with Gasteiger partial charge in [0, 0.05) is 6.04 Å². The van der Waals surface area contributed by atoms with E-state index in [0.29, 0.717) is 23.7 Å². The van der Waals surface area contributed by atoms with Gasteiger partial charge in [-0.1, -0.05) is 19.9 Å². The molecule has 2 aromatic rings. The zero-order valence-electron chi connectivity index (χ0n) is 9.82. The molecule has 1 unspecified atom stereocenters. The quantitative estimate of drug-likeness (QED) is 0.779. The SMILES string of the molecule is CC(C)C(C)Nc1nc2c(N)cccc2o1. The smallest absolute Gasteiger partial charge is 0.295 e. The third-order valence-electron chi connectivity index (χ3n) is 2.80. The molecule has 4 nitrogen and oxygen atoms in total. The summed E-state index contributed by atoms with van der Waals surface area (Å²) in [5.74, 6) is 0.521. The minimum atomic E-state index is 0.314. The van der Waals surface area contributed by atoms with Crippen molar-refractivity contribution in [3.05, 3.63) is 18.2 Å². The minimum Gasteiger partial charge on any atom is -0.423 e. The van der Waals surface area contributed by atoms with Gasteiger partial charge in [0.1, 0.15) is 5.52 Å². The zero-order chi connectivity index (χ0) is 11.7. The van der Waals surface area contributed by atoms with Crippen LogP contribution in [0.25, 0.3) is 11.1 Å². The second-order valence-electron chi connectivity index (χ2n) is 4.39. The molecule has 4 heteroatoms. The Labute approximate surface area is 94.8 Å². The van der Waals surface area contributed by atoms with Crippen LogP contribution in [0.2, 0.25) is 0 Å². The summed E-state index contributed by atoms with van der Waals surface area (Å²) in [6.07, 6.45) is 0. The summed E-state index contributed by atoms with van der Waals surface area (Å²) >= 11 is 0. The van der Waals surface area contributed by atoms with Gasteiger partial charge in [-0.3, -0.25) is 0 Å². The monoisotopic (exact) mass is 219 g/mol. The van der Waals surface area contributed by atoms with Crippen LogP contribution in [-0.2, 0) is 0 Å². The van der Waals surface area contributed by atoms with Gasteiger partial charge in [0.15, 0.2) is 5.58 Å². The van der Waals surface area contributed by atoms with Crippen molar-refractivity contribution < 1.29 is 4.42 Å². The maximum Gasteiger partial charge on any atom is 0.295 e. The van der Waals surface area contributed by atoms with Gasteiger partial charge >= 0.3 is 0 Å². The number of nitrogens with two attached hydrogens (primary N) is 1. The van der Waals surface area contributed by atoms with E-state index >= 15 is 0 Å². The molecule has 0 amide bonds. The van der Waals surface area contributed by atoms with Gasteiger partial charge in [-0.15, -0.1) is 0 Å². The van der Waals surface area contributed by atoms with E-state index in [9.17, 15) is 0 Å². The Hall–Kier alpha value is -1.71. The lowest BCUT2D eigenvalue weighted by atomic mass is 10.1. The summed E-state index contributed by atoms with van der Waals surface area (Å²) in [6, 6.07) is 6.39. The Morgan fingerprint density at radius 3 is 2.69 bits per heavy atom. The molecule has 0 aliphatic heterocycles. The Bertz CT molecular complexity index is 490. The number of anilines is 2. The number of hydrogen-bond acceptors (Lipinski definition) is 4. The lowest BCUT2D eigenvalue weighted by Gasteiger charge is -2.15. The fourth-order valence-electron chi connectivity index (χ4n) is 1.39. The molecular weight excluding hydrogens is 202 g/mol. The molecule has 16 heavy (non-hydrogen) atoms. The van der Waals surface area contributed by atoms with E-state index in [1.807, 2.05) is 18.2 Å². The van der Waals surface area contributed by atoms with Crippen LogP contribution in [0.5, 0.6) is 0 Å². The molecule has 3 N–H and O–H groups in total. The lowest BCUT2D eigenvalue weighted by Crippen LogP contribution is -2.21. The zero-order valence-corrected chi connectivity index (χ0v) is 9.82. The van der Waals surface area contributed by atoms with Crippen molar-refractivity contribution in [1.29, 1.82) is 0 Å². The Balaban J connectivity index is 2.30. The Morgan fingerprint density at radius 2 is 2.06 bits per heavy atom. The number of aromatic nitrogens is 1. The van der Waals surface area contributed by atoms with Crippen LogP contribution in [0, 0.1) is 5.92 Å². The van der Waals surface area contributed by atoms with Crippen molar-refractivity contribution in [3.63, 3.8) is 0 Å². The molecule has 1 aromatic carbocycles. The third-order valence-corrected chi connectivity index (χ3v) is 2.80. The summed E-state index contributed by atoms with van der Waals surface area (Å²) in [7, 11) is 0. The molecule has 1 aromatic heterocycles. The molecule has 0 aliphatic rings. The predicted molar refractivity (Wildman–Crippen MR) is 66.3 cm³/mol. The standard InChI is InChI=1S/C12H17N3O/c1-7(2)8(3)14-12-15-11-9(13)5-4-6-10(11)16-12/h4-8H,13H2,1-3H3,(H,14,15). The minimum absolute atomic E-state index is 0.314. The van der Waals surface area contributed by atoms with Crippen molar-refractivity contribution >= 4 is 22.8 Å². The van der Waals surface area contributed by atoms with Gasteiger partial charge in [0.2, 0.25) is 0 Å². The molecule has 1 atom stereocenters. The van der Waals surface area contributed by atoms with Crippen LogP contribution in [0.4, 0.5) is 11.7 Å². The highest BCUT2D eigenvalue weighted by atomic mass is 16.4. The third kappa shape index (κ3) is 1.96. The highest BCUT2D eigenvalue weighted by molar-refractivity contribution is 5.86. The summed E-state index contributed by atoms with van der Waals surface area (Å²) in [5, 5.41) is 3.22. The number of nitrogens with one attached hydrogen (secondary N) is 1. The number of fused-ring (bicyclic) bond motifs is 1. The molecule has 1 heterocycles. The summed E-state index contributed by atoms with van der Waals surface area (Å²) in [5.41, 5.74) is 7.90. The van der Waals surface area contributed by atoms with Crippen LogP contribution in [-0.4, -0.2) is 11.0 Å². The summed E-state index contributed by atoms with van der Waals surface area (Å²) in [4.78, 5) is 4.33. The van der Waals surface area contributed by atoms with Gasteiger partial charge in [0.25, 0.3) is 6.01 Å². The number of nitrogens with zero attached hydrogens (tertiary/aromatic N) is 1. The topological polar surface area (TPSA) is 64.1 Å². The number of oxazole rings is 1. The maximum atomic E-state index is 5.81. The molecule has 0 saturated heterocycles. The predicted octanol–water partition coefficient (Wildman–Crippen LogP) is 2.87. The van der Waals surface area contributed by atoms with Gasteiger partial charge in [-0.2, -0.15) is 4.98 Å². The second kappa shape index (κ2) is 4.04. The highest BCUT2D eigenvalue weighted by Crippen LogP contribution is 2.24. The van der Waals surface area contributed by atoms with Gasteiger partial charge in [-0.25, -0.2) is 0 Å². The highest BCUT2D eigenvalue weighted by Gasteiger charge is 2.12. The first-order valence-corrected chi connectivity index (χ1v) is 5.49. The van der Waals surface area contributed by atoms with E-state index in [1.54, 1.807) is 0 Å². The molecule has 2 rings (SSSR count). The molecular formula is C12H17N3O. The van der Waals surface area contributed by atoms with Crippen LogP contribution >= 0.6 is 0 Å². The number of nitrogen functional groups attached to an aromatic ring is 1. The van der Waals surface area contributed by atoms with E-state index in [-0.39, 0.29) is 0 Å². The maximum absolute atomic E-state index is 5.81. The van der Waals surface area contributed by atoms with Gasteiger partial charge in [0.05, 0.1) is 5.69 Å². The Kier molecular flexibility index (Phi) is 2.73. The molecule has 0 spiro atoms. The normalized spacial score (nSPS) is 13.2. The lowest BCUT2D eigenvalue weighted by molar-refractivity contribution is 0.527. The largest absolute Gasteiger partial charge is 0.423 e. The number of para-hydroxylation sites is 1. The van der Waals surface area contributed by atoms with E-state index in [1.165, 1.54) is 0 Å². The van der Waals surface area contributed by atoms with Crippen LogP contribution in [0.1, 0.15) is 20.8 Å². The first kappa shape index (κ1) is 10.8. The van der Waals surface area contributed by atoms with Crippen LogP contribution in [0.3, 0.4) is 0 Å². The molecule has 0 bridgehead atoms.